The van der Waals surface area contributed by atoms with Crippen molar-refractivity contribution in [2.75, 3.05) is 0 Å². The van der Waals surface area contributed by atoms with Crippen molar-refractivity contribution in [2.24, 2.45) is 11.1 Å². The molecule has 0 aromatic carbocycles. The van der Waals surface area contributed by atoms with E-state index in [2.05, 4.69) is 20.8 Å². The zero-order valence-corrected chi connectivity index (χ0v) is 14.6. The Morgan fingerprint density at radius 2 is 1.25 bits per heavy atom. The molecule has 0 aliphatic rings. The number of carbonyl (C=O) groups is 1. The largest absolute Gasteiger partial charge is 0.481 e. The lowest BCUT2D eigenvalue weighted by molar-refractivity contribution is -0.145. The van der Waals surface area contributed by atoms with E-state index < -0.39 is 11.4 Å². The van der Waals surface area contributed by atoms with Gasteiger partial charge in [-0.3, -0.25) is 4.79 Å². The highest BCUT2D eigenvalue weighted by Gasteiger charge is 2.18. The molecule has 0 bridgehead atoms. The van der Waals surface area contributed by atoms with Gasteiger partial charge in [-0.2, -0.15) is 0 Å². The van der Waals surface area contributed by atoms with Crippen LogP contribution in [0.15, 0.2) is 0 Å². The minimum atomic E-state index is -0.757. The van der Waals surface area contributed by atoms with Crippen LogP contribution < -0.4 is 5.73 Å². The van der Waals surface area contributed by atoms with E-state index in [1.807, 2.05) is 0 Å². The first-order chi connectivity index (χ1) is 9.00. The average molecular weight is 287 g/mol. The number of rotatable bonds is 8. The quantitative estimate of drug-likeness (QED) is 0.619. The van der Waals surface area contributed by atoms with E-state index in [0.717, 1.165) is 0 Å². The number of hydrogen-bond donors (Lipinski definition) is 2. The van der Waals surface area contributed by atoms with Gasteiger partial charge in [-0.25, -0.2) is 0 Å². The van der Waals surface area contributed by atoms with Gasteiger partial charge in [-0.15, -0.1) is 0 Å². The van der Waals surface area contributed by atoms with E-state index in [-0.39, 0.29) is 5.54 Å². The van der Waals surface area contributed by atoms with Gasteiger partial charge in [0.1, 0.15) is 0 Å². The van der Waals surface area contributed by atoms with Gasteiger partial charge >= 0.3 is 5.97 Å². The molecule has 3 N–H and O–H groups in total. The molecule has 0 aromatic rings. The van der Waals surface area contributed by atoms with E-state index in [0.29, 0.717) is 0 Å². The van der Waals surface area contributed by atoms with Crippen LogP contribution in [0.1, 0.15) is 92.9 Å². The third-order valence-electron chi connectivity index (χ3n) is 3.07. The van der Waals surface area contributed by atoms with Crippen LogP contribution >= 0.6 is 0 Å². The van der Waals surface area contributed by atoms with Crippen molar-refractivity contribution >= 4 is 5.97 Å². The second-order valence-corrected chi connectivity index (χ2v) is 7.42. The molecule has 3 heteroatoms. The molecule has 0 rings (SSSR count). The van der Waals surface area contributed by atoms with Gasteiger partial charge in [0.2, 0.25) is 0 Å². The van der Waals surface area contributed by atoms with E-state index >= 15 is 0 Å². The third kappa shape index (κ3) is 19.8. The molecule has 0 atom stereocenters. The normalized spacial score (nSPS) is 11.8. The van der Waals surface area contributed by atoms with Gasteiger partial charge < -0.3 is 10.8 Å². The maximum Gasteiger partial charge on any atom is 0.308 e. The molecule has 122 valence electrons. The molecular weight excluding hydrogens is 250 g/mol. The SMILES string of the molecule is CC(C)(C)C(=O)O.CCCCCCCCCC(C)(C)N. The van der Waals surface area contributed by atoms with Crippen LogP contribution in [0.25, 0.3) is 0 Å². The molecular formula is C17H37NO2. The molecule has 0 aliphatic heterocycles. The molecule has 0 saturated carbocycles. The summed E-state index contributed by atoms with van der Waals surface area (Å²) >= 11 is 0. The minimum absolute atomic E-state index is 0.0451. The number of unbranched alkanes of at least 4 members (excludes halogenated alkanes) is 6. The monoisotopic (exact) mass is 287 g/mol. The molecule has 0 heterocycles. The Bertz CT molecular complexity index is 236. The standard InChI is InChI=1S/C12H27N.C5H10O2/c1-4-5-6-7-8-9-10-11-12(2,3)13;1-5(2,3)4(6)7/h4-11,13H2,1-3H3;1-3H3,(H,6,7). The van der Waals surface area contributed by atoms with Crippen LogP contribution in [0.5, 0.6) is 0 Å². The topological polar surface area (TPSA) is 63.3 Å². The summed E-state index contributed by atoms with van der Waals surface area (Å²) in [4.78, 5) is 10.0. The molecule has 0 spiro atoms. The van der Waals surface area contributed by atoms with Crippen LogP contribution in [-0.2, 0) is 4.79 Å². The summed E-state index contributed by atoms with van der Waals surface area (Å²) in [5.41, 5.74) is 5.36. The molecule has 20 heavy (non-hydrogen) atoms. The lowest BCUT2D eigenvalue weighted by atomic mass is 9.97. The fourth-order valence-corrected chi connectivity index (χ4v) is 1.54. The fraction of sp³-hybridized carbons (Fsp3) is 0.941. The summed E-state index contributed by atoms with van der Waals surface area (Å²) < 4.78 is 0. The van der Waals surface area contributed by atoms with Gasteiger partial charge in [0.05, 0.1) is 5.41 Å². The summed E-state index contributed by atoms with van der Waals surface area (Å²) in [5, 5.41) is 8.25. The summed E-state index contributed by atoms with van der Waals surface area (Å²) in [6.45, 7) is 11.5. The van der Waals surface area contributed by atoms with E-state index in [1.54, 1.807) is 20.8 Å². The molecule has 0 fully saturated rings. The number of aliphatic carboxylic acids is 1. The first-order valence-electron chi connectivity index (χ1n) is 8.03. The van der Waals surface area contributed by atoms with Gasteiger partial charge in [-0.05, 0) is 41.0 Å². The number of hydrogen-bond acceptors (Lipinski definition) is 2. The van der Waals surface area contributed by atoms with Crippen molar-refractivity contribution in [1.29, 1.82) is 0 Å². The summed E-state index contributed by atoms with van der Waals surface area (Å²) in [6.07, 6.45) is 10.8. The smallest absolute Gasteiger partial charge is 0.308 e. The lowest BCUT2D eigenvalue weighted by Gasteiger charge is -2.17. The number of nitrogens with two attached hydrogens (primary N) is 1. The average Bonchev–Trinajstić information content (AvgIpc) is 2.26. The maximum atomic E-state index is 10.0. The highest BCUT2D eigenvalue weighted by Crippen LogP contribution is 2.13. The summed E-state index contributed by atoms with van der Waals surface area (Å²) in [5.74, 6) is -0.757. The fourth-order valence-electron chi connectivity index (χ4n) is 1.54. The molecule has 0 unspecified atom stereocenters. The molecule has 0 amide bonds. The second-order valence-electron chi connectivity index (χ2n) is 7.42. The van der Waals surface area contributed by atoms with Gasteiger partial charge in [0, 0.05) is 5.54 Å². The molecule has 0 radical (unpaired) electrons. The van der Waals surface area contributed by atoms with Crippen molar-refractivity contribution in [1.82, 2.24) is 0 Å². The Kier molecular flexibility index (Phi) is 12.1. The van der Waals surface area contributed by atoms with Gasteiger partial charge in [0.25, 0.3) is 0 Å². The molecule has 0 aliphatic carbocycles. The van der Waals surface area contributed by atoms with Crippen LogP contribution in [0.2, 0.25) is 0 Å². The van der Waals surface area contributed by atoms with Crippen molar-refractivity contribution in [2.45, 2.75) is 98.4 Å². The molecule has 0 aromatic heterocycles. The first kappa shape index (κ1) is 21.7. The maximum absolute atomic E-state index is 10.0. The molecule has 3 nitrogen and oxygen atoms in total. The minimum Gasteiger partial charge on any atom is -0.481 e. The van der Waals surface area contributed by atoms with Crippen molar-refractivity contribution < 1.29 is 9.90 Å². The van der Waals surface area contributed by atoms with Crippen molar-refractivity contribution in [3.63, 3.8) is 0 Å². The third-order valence-corrected chi connectivity index (χ3v) is 3.07. The van der Waals surface area contributed by atoms with Crippen LogP contribution in [0.4, 0.5) is 0 Å². The van der Waals surface area contributed by atoms with Crippen molar-refractivity contribution in [3.8, 4) is 0 Å². The zero-order valence-electron chi connectivity index (χ0n) is 14.6. The van der Waals surface area contributed by atoms with E-state index in [9.17, 15) is 4.79 Å². The Hall–Kier alpha value is -0.570. The predicted octanol–water partition coefficient (Wildman–Crippen LogP) is 4.98. The Morgan fingerprint density at radius 1 is 0.900 bits per heavy atom. The number of carboxylic acid groups (broad SMARTS) is 1. The van der Waals surface area contributed by atoms with E-state index in [4.69, 9.17) is 10.8 Å². The highest BCUT2D eigenvalue weighted by atomic mass is 16.4. The van der Waals surface area contributed by atoms with Crippen LogP contribution in [0, 0.1) is 5.41 Å². The second kappa shape index (κ2) is 11.1. The predicted molar refractivity (Wildman–Crippen MR) is 88.0 cm³/mol. The Balaban J connectivity index is 0. The molecule has 0 saturated heterocycles. The first-order valence-corrected chi connectivity index (χ1v) is 8.03. The van der Waals surface area contributed by atoms with Crippen LogP contribution in [0.3, 0.4) is 0 Å². The zero-order chi connectivity index (χ0) is 16.2. The highest BCUT2D eigenvalue weighted by molar-refractivity contribution is 5.72. The number of carboxylic acids is 1. The lowest BCUT2D eigenvalue weighted by Crippen LogP contribution is -2.31. The Labute approximate surface area is 126 Å². The Morgan fingerprint density at radius 3 is 1.55 bits per heavy atom. The van der Waals surface area contributed by atoms with Gasteiger partial charge in [-0.1, -0.05) is 51.9 Å². The van der Waals surface area contributed by atoms with Gasteiger partial charge in [0.15, 0.2) is 0 Å². The summed E-state index contributed by atoms with van der Waals surface area (Å²) in [6, 6.07) is 0. The summed E-state index contributed by atoms with van der Waals surface area (Å²) in [7, 11) is 0. The van der Waals surface area contributed by atoms with Crippen molar-refractivity contribution in [3.05, 3.63) is 0 Å². The van der Waals surface area contributed by atoms with E-state index in [1.165, 1.54) is 51.4 Å². The van der Waals surface area contributed by atoms with Crippen LogP contribution in [-0.4, -0.2) is 16.6 Å².